The highest BCUT2D eigenvalue weighted by Crippen LogP contribution is 2.30. The molecule has 0 saturated carbocycles. The Hall–Kier alpha value is -3.09. The van der Waals surface area contributed by atoms with Crippen LogP contribution in [0.15, 0.2) is 48.5 Å². The molecule has 4 nitrogen and oxygen atoms in total. The lowest BCUT2D eigenvalue weighted by molar-refractivity contribution is -0.137. The molecule has 1 N–H and O–H groups in total. The number of aryl methyl sites for hydroxylation is 2. The molecule has 1 heterocycles. The van der Waals surface area contributed by atoms with Crippen LogP contribution >= 0.6 is 0 Å². The van der Waals surface area contributed by atoms with Crippen molar-refractivity contribution in [2.75, 3.05) is 5.32 Å². The van der Waals surface area contributed by atoms with Gasteiger partial charge in [-0.3, -0.25) is 9.48 Å². The quantitative estimate of drug-likeness (QED) is 0.675. The smallest absolute Gasteiger partial charge is 0.319 e. The Morgan fingerprint density at radius 3 is 2.39 bits per heavy atom. The van der Waals surface area contributed by atoms with E-state index < -0.39 is 17.6 Å². The first-order valence-electron chi connectivity index (χ1n) is 8.73. The van der Waals surface area contributed by atoms with Crippen molar-refractivity contribution in [3.63, 3.8) is 0 Å². The minimum absolute atomic E-state index is 0.0556. The molecule has 0 spiro atoms. The standard InChI is InChI=1S/C21H20F3N3O/c1-13-7-9-16(10-8-13)12-27-15(3)19(14(2)26-27)25-20(28)17-5-4-6-18(11-17)21(22,23)24/h4-11H,12H2,1-3H3,(H,25,28). The van der Waals surface area contributed by atoms with E-state index >= 15 is 0 Å². The van der Waals surface area contributed by atoms with E-state index in [1.165, 1.54) is 12.1 Å². The maximum absolute atomic E-state index is 12.9. The van der Waals surface area contributed by atoms with E-state index in [1.54, 1.807) is 11.6 Å². The van der Waals surface area contributed by atoms with Crippen molar-refractivity contribution in [3.8, 4) is 0 Å². The van der Waals surface area contributed by atoms with Crippen LogP contribution in [0.1, 0.15) is 38.4 Å². The van der Waals surface area contributed by atoms with Crippen LogP contribution < -0.4 is 5.32 Å². The van der Waals surface area contributed by atoms with E-state index in [0.29, 0.717) is 17.9 Å². The van der Waals surface area contributed by atoms with Gasteiger partial charge in [-0.1, -0.05) is 35.9 Å². The number of nitrogens with one attached hydrogen (secondary N) is 1. The minimum atomic E-state index is -4.50. The number of hydrogen-bond acceptors (Lipinski definition) is 2. The molecule has 0 unspecified atom stereocenters. The summed E-state index contributed by atoms with van der Waals surface area (Å²) in [5.74, 6) is -0.604. The second kappa shape index (κ2) is 7.50. The molecular weight excluding hydrogens is 367 g/mol. The Bertz CT molecular complexity index is 1000. The van der Waals surface area contributed by atoms with Crippen LogP contribution in [0.4, 0.5) is 18.9 Å². The monoisotopic (exact) mass is 387 g/mol. The molecule has 7 heteroatoms. The number of carbonyl (C=O) groups is 1. The first-order valence-corrected chi connectivity index (χ1v) is 8.73. The normalized spacial score (nSPS) is 11.5. The summed E-state index contributed by atoms with van der Waals surface area (Å²) in [5.41, 5.74) is 3.15. The molecular formula is C21H20F3N3O. The Morgan fingerprint density at radius 1 is 1.07 bits per heavy atom. The molecule has 146 valence electrons. The molecule has 0 aliphatic heterocycles. The summed E-state index contributed by atoms with van der Waals surface area (Å²) in [6.45, 7) is 6.11. The minimum Gasteiger partial charge on any atom is -0.319 e. The molecule has 1 aromatic heterocycles. The average molecular weight is 387 g/mol. The summed E-state index contributed by atoms with van der Waals surface area (Å²) < 4.78 is 40.4. The molecule has 0 fully saturated rings. The number of nitrogens with zero attached hydrogens (tertiary/aromatic N) is 2. The number of amides is 1. The third-order valence-corrected chi connectivity index (χ3v) is 4.53. The Balaban J connectivity index is 1.82. The summed E-state index contributed by atoms with van der Waals surface area (Å²) >= 11 is 0. The topological polar surface area (TPSA) is 46.9 Å². The van der Waals surface area contributed by atoms with Crippen LogP contribution in [0.5, 0.6) is 0 Å². The van der Waals surface area contributed by atoms with Crippen LogP contribution in [0.3, 0.4) is 0 Å². The van der Waals surface area contributed by atoms with Crippen LogP contribution in [-0.2, 0) is 12.7 Å². The summed E-state index contributed by atoms with van der Waals surface area (Å²) in [5, 5.41) is 7.15. The lowest BCUT2D eigenvalue weighted by atomic mass is 10.1. The number of benzene rings is 2. The lowest BCUT2D eigenvalue weighted by Crippen LogP contribution is -2.15. The fourth-order valence-corrected chi connectivity index (χ4v) is 2.92. The van der Waals surface area contributed by atoms with Gasteiger partial charge >= 0.3 is 6.18 Å². The van der Waals surface area contributed by atoms with Gasteiger partial charge in [0.2, 0.25) is 0 Å². The van der Waals surface area contributed by atoms with E-state index in [1.807, 2.05) is 38.1 Å². The van der Waals surface area contributed by atoms with Crippen LogP contribution in [0.25, 0.3) is 0 Å². The van der Waals surface area contributed by atoms with Crippen molar-refractivity contribution >= 4 is 11.6 Å². The molecule has 2 aromatic carbocycles. The van der Waals surface area contributed by atoms with Crippen LogP contribution in [0, 0.1) is 20.8 Å². The van der Waals surface area contributed by atoms with E-state index in [-0.39, 0.29) is 5.56 Å². The van der Waals surface area contributed by atoms with Gasteiger partial charge in [-0.05, 0) is 44.5 Å². The summed E-state index contributed by atoms with van der Waals surface area (Å²) in [7, 11) is 0. The van der Waals surface area contributed by atoms with Gasteiger partial charge < -0.3 is 5.32 Å². The van der Waals surface area contributed by atoms with E-state index in [9.17, 15) is 18.0 Å². The Morgan fingerprint density at radius 2 is 1.75 bits per heavy atom. The number of hydrogen-bond donors (Lipinski definition) is 1. The SMILES string of the molecule is Cc1ccc(Cn2nc(C)c(NC(=O)c3cccc(C(F)(F)F)c3)c2C)cc1. The predicted octanol–water partition coefficient (Wildman–Crippen LogP) is 5.13. The number of halogens is 3. The van der Waals surface area contributed by atoms with Crippen molar-refractivity contribution in [2.45, 2.75) is 33.5 Å². The van der Waals surface area contributed by atoms with Crippen molar-refractivity contribution in [3.05, 3.63) is 82.2 Å². The van der Waals surface area contributed by atoms with E-state index in [4.69, 9.17) is 0 Å². The number of alkyl halides is 3. The first kappa shape index (κ1) is 19.7. The molecule has 0 bridgehead atoms. The second-order valence-electron chi connectivity index (χ2n) is 6.72. The second-order valence-corrected chi connectivity index (χ2v) is 6.72. The molecule has 3 rings (SSSR count). The van der Waals surface area contributed by atoms with Gasteiger partial charge in [-0.15, -0.1) is 0 Å². The highest BCUT2D eigenvalue weighted by molar-refractivity contribution is 6.05. The first-order chi connectivity index (χ1) is 13.1. The molecule has 28 heavy (non-hydrogen) atoms. The molecule has 0 aliphatic carbocycles. The molecule has 0 radical (unpaired) electrons. The third-order valence-electron chi connectivity index (χ3n) is 4.53. The van der Waals surface area contributed by atoms with Gasteiger partial charge in [0.15, 0.2) is 0 Å². The van der Waals surface area contributed by atoms with Gasteiger partial charge in [0, 0.05) is 5.56 Å². The van der Waals surface area contributed by atoms with Gasteiger partial charge in [-0.25, -0.2) is 0 Å². The third kappa shape index (κ3) is 4.24. The largest absolute Gasteiger partial charge is 0.416 e. The Labute approximate surface area is 161 Å². The number of carbonyl (C=O) groups excluding carboxylic acids is 1. The van der Waals surface area contributed by atoms with Crippen molar-refractivity contribution in [1.29, 1.82) is 0 Å². The zero-order valence-corrected chi connectivity index (χ0v) is 15.8. The molecule has 0 atom stereocenters. The maximum atomic E-state index is 12.9. The molecule has 3 aromatic rings. The molecule has 0 saturated heterocycles. The van der Waals surface area contributed by atoms with Gasteiger partial charge in [-0.2, -0.15) is 18.3 Å². The van der Waals surface area contributed by atoms with Crippen LogP contribution in [-0.4, -0.2) is 15.7 Å². The number of aromatic nitrogens is 2. The predicted molar refractivity (Wildman–Crippen MR) is 101 cm³/mol. The van der Waals surface area contributed by atoms with Crippen molar-refractivity contribution < 1.29 is 18.0 Å². The van der Waals surface area contributed by atoms with Crippen molar-refractivity contribution in [2.24, 2.45) is 0 Å². The zero-order chi connectivity index (χ0) is 20.5. The molecule has 0 aliphatic rings. The summed E-state index contributed by atoms with van der Waals surface area (Å²) in [6.07, 6.45) is -4.50. The number of anilines is 1. The van der Waals surface area contributed by atoms with Gasteiger partial charge in [0.05, 0.1) is 29.2 Å². The fraction of sp³-hybridized carbons (Fsp3) is 0.238. The number of rotatable bonds is 4. The maximum Gasteiger partial charge on any atom is 0.416 e. The summed E-state index contributed by atoms with van der Waals surface area (Å²) in [6, 6.07) is 12.4. The van der Waals surface area contributed by atoms with Gasteiger partial charge in [0.25, 0.3) is 5.91 Å². The van der Waals surface area contributed by atoms with Crippen molar-refractivity contribution in [1.82, 2.24) is 9.78 Å². The van der Waals surface area contributed by atoms with E-state index in [2.05, 4.69) is 10.4 Å². The zero-order valence-electron chi connectivity index (χ0n) is 15.8. The highest BCUT2D eigenvalue weighted by Gasteiger charge is 2.31. The fourth-order valence-electron chi connectivity index (χ4n) is 2.92. The van der Waals surface area contributed by atoms with Gasteiger partial charge in [0.1, 0.15) is 0 Å². The lowest BCUT2D eigenvalue weighted by Gasteiger charge is -2.10. The van der Waals surface area contributed by atoms with Crippen LogP contribution in [0.2, 0.25) is 0 Å². The highest BCUT2D eigenvalue weighted by atomic mass is 19.4. The average Bonchev–Trinajstić information content (AvgIpc) is 2.90. The Kier molecular flexibility index (Phi) is 5.27. The van der Waals surface area contributed by atoms with E-state index in [0.717, 1.165) is 29.0 Å². The molecule has 1 amide bonds. The summed E-state index contributed by atoms with van der Waals surface area (Å²) in [4.78, 5) is 12.5.